The van der Waals surface area contributed by atoms with Gasteiger partial charge < -0.3 is 29.5 Å². The SMILES string of the molecule is CCCCCCCCCCCCCCCC(=O)OCC1OC(OC2CC=CCC3C(CCC4(C)C(C(C)CCC(C)C(C)C)CCC34)C(C)CC2)C(O)C(O)C1O. The Morgan fingerprint density at radius 3 is 2.04 bits per heavy atom. The van der Waals surface area contributed by atoms with Crippen molar-refractivity contribution in [3.8, 4) is 0 Å². The molecule has 7 heteroatoms. The van der Waals surface area contributed by atoms with Crippen LogP contribution >= 0.6 is 0 Å². The number of esters is 1. The molecule has 1 saturated heterocycles. The number of aliphatic hydroxyl groups is 3. The molecule has 3 fully saturated rings. The number of unbranched alkanes of at least 4 members (excludes halogenated alkanes) is 12. The maximum absolute atomic E-state index is 12.6. The van der Waals surface area contributed by atoms with Gasteiger partial charge in [-0.15, -0.1) is 0 Å². The van der Waals surface area contributed by atoms with E-state index in [4.69, 9.17) is 14.2 Å². The molecule has 0 aromatic heterocycles. The van der Waals surface area contributed by atoms with Gasteiger partial charge in [0, 0.05) is 6.42 Å². The van der Waals surface area contributed by atoms with Gasteiger partial charge in [0.2, 0.25) is 0 Å². The molecule has 332 valence electrons. The van der Waals surface area contributed by atoms with Crippen LogP contribution in [-0.2, 0) is 19.0 Å². The van der Waals surface area contributed by atoms with Gasteiger partial charge in [-0.1, -0.05) is 151 Å². The Kier molecular flexibility index (Phi) is 21.4. The van der Waals surface area contributed by atoms with E-state index < -0.39 is 30.7 Å². The van der Waals surface area contributed by atoms with Gasteiger partial charge in [0.1, 0.15) is 31.0 Å². The van der Waals surface area contributed by atoms with E-state index in [1.165, 1.54) is 103 Å². The highest BCUT2D eigenvalue weighted by Crippen LogP contribution is 2.63. The standard InChI is InChI=1S/C50H90O7/c1-8-9-10-11-12-13-14-15-16-17-18-19-20-25-45(51)55-34-44-46(52)47(53)48(54)49(57-44)56-39-23-21-22-24-41-40(37(5)28-29-39)32-33-50(7)42(30-31-43(41)50)38(6)27-26-36(4)35(2)3/h21-22,35-44,46-49,52-54H,8-20,23-34H2,1-7H3. The van der Waals surface area contributed by atoms with Crippen LogP contribution in [0.3, 0.4) is 0 Å². The molecule has 3 N–H and O–H groups in total. The molecule has 3 aliphatic carbocycles. The zero-order chi connectivity index (χ0) is 41.4. The largest absolute Gasteiger partial charge is 0.463 e. The van der Waals surface area contributed by atoms with E-state index in [1.54, 1.807) is 0 Å². The molecule has 1 heterocycles. The number of hydrogen-bond donors (Lipinski definition) is 3. The molecule has 0 bridgehead atoms. The van der Waals surface area contributed by atoms with E-state index >= 15 is 0 Å². The van der Waals surface area contributed by atoms with Gasteiger partial charge in [-0.25, -0.2) is 0 Å². The van der Waals surface area contributed by atoms with E-state index in [1.807, 2.05) is 0 Å². The molecular weight excluding hydrogens is 713 g/mol. The Bertz CT molecular complexity index is 1140. The molecule has 0 aromatic rings. The maximum atomic E-state index is 12.6. The summed E-state index contributed by atoms with van der Waals surface area (Å²) in [5.41, 5.74) is 0.446. The minimum absolute atomic E-state index is 0.177. The van der Waals surface area contributed by atoms with Gasteiger partial charge in [0.05, 0.1) is 6.10 Å². The zero-order valence-electron chi connectivity index (χ0n) is 37.9. The quantitative estimate of drug-likeness (QED) is 0.0537. The van der Waals surface area contributed by atoms with E-state index in [0.717, 1.165) is 74.0 Å². The molecule has 2 saturated carbocycles. The van der Waals surface area contributed by atoms with Gasteiger partial charge in [-0.2, -0.15) is 0 Å². The number of aliphatic hydroxyl groups excluding tert-OH is 3. The van der Waals surface area contributed by atoms with E-state index in [0.29, 0.717) is 30.1 Å². The highest BCUT2D eigenvalue weighted by molar-refractivity contribution is 5.69. The fourth-order valence-electron chi connectivity index (χ4n) is 11.7. The highest BCUT2D eigenvalue weighted by atomic mass is 16.7. The molecule has 0 radical (unpaired) electrons. The predicted molar refractivity (Wildman–Crippen MR) is 233 cm³/mol. The molecule has 14 atom stereocenters. The first-order valence-electron chi connectivity index (χ1n) is 24.5. The lowest BCUT2D eigenvalue weighted by molar-refractivity contribution is -0.312. The van der Waals surface area contributed by atoms with Crippen molar-refractivity contribution >= 4 is 5.97 Å². The monoisotopic (exact) mass is 803 g/mol. The number of carbonyl (C=O) groups is 1. The topological polar surface area (TPSA) is 105 Å². The summed E-state index contributed by atoms with van der Waals surface area (Å²) in [5.74, 6) is 5.67. The summed E-state index contributed by atoms with van der Waals surface area (Å²) < 4.78 is 18.0. The molecule has 0 spiro atoms. The second kappa shape index (κ2) is 25.1. The smallest absolute Gasteiger partial charge is 0.305 e. The number of fused-ring (bicyclic) bond motifs is 3. The average molecular weight is 803 g/mol. The Balaban J connectivity index is 1.20. The summed E-state index contributed by atoms with van der Waals surface area (Å²) in [6.45, 7) is 16.9. The van der Waals surface area contributed by atoms with Crippen molar-refractivity contribution in [2.45, 2.75) is 239 Å². The maximum Gasteiger partial charge on any atom is 0.305 e. The van der Waals surface area contributed by atoms with Gasteiger partial charge in [0.15, 0.2) is 6.29 Å². The molecule has 14 unspecified atom stereocenters. The van der Waals surface area contributed by atoms with E-state index in [9.17, 15) is 20.1 Å². The minimum atomic E-state index is -1.45. The van der Waals surface area contributed by atoms with Crippen LogP contribution in [-0.4, -0.2) is 64.7 Å². The Morgan fingerprint density at radius 1 is 0.754 bits per heavy atom. The summed E-state index contributed by atoms with van der Waals surface area (Å²) in [4.78, 5) is 12.6. The first kappa shape index (κ1) is 48.7. The van der Waals surface area contributed by atoms with Crippen LogP contribution in [0.5, 0.6) is 0 Å². The number of hydrogen-bond acceptors (Lipinski definition) is 7. The lowest BCUT2D eigenvalue weighted by Gasteiger charge is -2.51. The Morgan fingerprint density at radius 2 is 1.39 bits per heavy atom. The summed E-state index contributed by atoms with van der Waals surface area (Å²) in [7, 11) is 0. The summed E-state index contributed by atoms with van der Waals surface area (Å²) in [5, 5.41) is 32.4. The number of ether oxygens (including phenoxy) is 3. The van der Waals surface area contributed by atoms with Gasteiger partial charge in [0.25, 0.3) is 0 Å². The molecule has 0 amide bonds. The van der Waals surface area contributed by atoms with Crippen LogP contribution in [0.25, 0.3) is 0 Å². The first-order valence-corrected chi connectivity index (χ1v) is 24.5. The van der Waals surface area contributed by atoms with Crippen LogP contribution in [0.4, 0.5) is 0 Å². The minimum Gasteiger partial charge on any atom is -0.463 e. The third-order valence-electron chi connectivity index (χ3n) is 16.0. The number of carbonyl (C=O) groups excluding carboxylic acids is 1. The van der Waals surface area contributed by atoms with Crippen molar-refractivity contribution in [2.75, 3.05) is 6.61 Å². The first-order chi connectivity index (χ1) is 27.4. The summed E-state index contributed by atoms with van der Waals surface area (Å²) in [6, 6.07) is 0. The van der Waals surface area contributed by atoms with Crippen molar-refractivity contribution in [1.29, 1.82) is 0 Å². The third kappa shape index (κ3) is 14.6. The molecule has 4 aliphatic rings. The normalized spacial score (nSPS) is 35.7. The molecule has 1 aliphatic heterocycles. The van der Waals surface area contributed by atoms with E-state index in [2.05, 4.69) is 60.6 Å². The lowest BCUT2D eigenvalue weighted by Crippen LogP contribution is -2.60. The molecule has 4 rings (SSSR count). The third-order valence-corrected chi connectivity index (χ3v) is 16.0. The van der Waals surface area contributed by atoms with Gasteiger partial charge >= 0.3 is 5.97 Å². The van der Waals surface area contributed by atoms with Crippen LogP contribution in [0, 0.1) is 52.8 Å². The van der Waals surface area contributed by atoms with Crippen molar-refractivity contribution in [3.63, 3.8) is 0 Å². The summed E-state index contributed by atoms with van der Waals surface area (Å²) in [6.07, 6.45) is 26.6. The van der Waals surface area contributed by atoms with Crippen molar-refractivity contribution in [3.05, 3.63) is 12.2 Å². The van der Waals surface area contributed by atoms with E-state index in [-0.39, 0.29) is 18.7 Å². The predicted octanol–water partition coefficient (Wildman–Crippen LogP) is 11.7. The Hall–Kier alpha value is -0.990. The fraction of sp³-hybridized carbons (Fsp3) is 0.940. The van der Waals surface area contributed by atoms with Crippen LogP contribution in [0.2, 0.25) is 0 Å². The molecule has 7 nitrogen and oxygen atoms in total. The van der Waals surface area contributed by atoms with Crippen LogP contribution < -0.4 is 0 Å². The lowest BCUT2D eigenvalue weighted by atomic mass is 9.53. The van der Waals surface area contributed by atoms with Crippen molar-refractivity contribution in [1.82, 2.24) is 0 Å². The molecule has 57 heavy (non-hydrogen) atoms. The second-order valence-electron chi connectivity index (χ2n) is 20.4. The zero-order valence-corrected chi connectivity index (χ0v) is 37.9. The highest BCUT2D eigenvalue weighted by Gasteiger charge is 2.55. The van der Waals surface area contributed by atoms with Crippen LogP contribution in [0.15, 0.2) is 12.2 Å². The Labute approximate surface area is 350 Å². The average Bonchev–Trinajstić information content (AvgIpc) is 3.55. The van der Waals surface area contributed by atoms with Crippen LogP contribution in [0.1, 0.15) is 203 Å². The van der Waals surface area contributed by atoms with Gasteiger partial charge in [-0.3, -0.25) is 4.79 Å². The second-order valence-corrected chi connectivity index (χ2v) is 20.4. The number of rotatable bonds is 23. The fourth-order valence-corrected chi connectivity index (χ4v) is 11.7. The number of allylic oxidation sites excluding steroid dienone is 1. The molecule has 0 aromatic carbocycles. The summed E-state index contributed by atoms with van der Waals surface area (Å²) >= 11 is 0. The molecular formula is C50H90O7. The van der Waals surface area contributed by atoms with Crippen molar-refractivity contribution in [2.24, 2.45) is 52.8 Å². The van der Waals surface area contributed by atoms with Gasteiger partial charge in [-0.05, 0) is 111 Å². The van der Waals surface area contributed by atoms with Crippen molar-refractivity contribution < 1.29 is 34.3 Å².